The maximum Gasteiger partial charge on any atom is 0.150 e. The molecule has 0 spiro atoms. The lowest BCUT2D eigenvalue weighted by Gasteiger charge is -2.24. The van der Waals surface area contributed by atoms with Crippen LogP contribution in [0.4, 0.5) is 4.39 Å². The molecule has 0 bridgehead atoms. The van der Waals surface area contributed by atoms with Crippen LogP contribution in [-0.4, -0.2) is 22.8 Å². The fourth-order valence-corrected chi connectivity index (χ4v) is 5.61. The first-order chi connectivity index (χ1) is 24.5. The number of allylic oxidation sites excluding steroid dienone is 4. The molecule has 3 aromatic rings. The van der Waals surface area contributed by atoms with Crippen molar-refractivity contribution in [1.82, 2.24) is 15.3 Å². The monoisotopic (exact) mass is 719 g/mol. The summed E-state index contributed by atoms with van der Waals surface area (Å²) in [5, 5.41) is 5.75. The minimum absolute atomic E-state index is 0.0688. The molecule has 0 aliphatic carbocycles. The minimum Gasteiger partial charge on any atom is -0.401 e. The van der Waals surface area contributed by atoms with Gasteiger partial charge in [0, 0.05) is 59.6 Å². The number of nitrogens with one attached hydrogen (secondary N) is 1. The Morgan fingerprint density at radius 3 is 2.20 bits per heavy atom. The van der Waals surface area contributed by atoms with Gasteiger partial charge in [-0.05, 0) is 80.5 Å². The van der Waals surface area contributed by atoms with Gasteiger partial charge in [0.15, 0.2) is 0 Å². The Morgan fingerprint density at radius 2 is 1.63 bits per heavy atom. The molecule has 0 radical (unpaired) electrons. The molecule has 0 saturated carbocycles. The van der Waals surface area contributed by atoms with E-state index in [4.69, 9.17) is 23.2 Å². The van der Waals surface area contributed by atoms with Gasteiger partial charge in [-0.1, -0.05) is 113 Å². The number of carbonyl (C=O) groups is 1. The standard InChI is InChI=1S/C31H45ClFN5.C8H8O.C2H6.C2H4/c1-5-6-7-8-9-19-38(35)22-27(34)11-10-12-30(37-21-25-15-17-36-18-16-25)31(23(2)3)24(4)28-14-13-26(33)20-29(28)32;1-7-2-4-8(6-9)5-3-7;2*1-2/h13-18,20,22,24,37H,2,5-12,19,21,34-35H2,1,3-4H3;2-6H,1H3;1-2H3;1-2H2/b27-22-,31-30-;;;. The number of rotatable bonds is 18. The summed E-state index contributed by atoms with van der Waals surface area (Å²) in [6.45, 7) is 24.0. The number of benzene rings is 2. The molecule has 0 aliphatic rings. The Kier molecular flexibility index (Phi) is 26.1. The number of aryl methyl sites for hydroxylation is 1. The first kappa shape index (κ1) is 46.8. The molecule has 0 fully saturated rings. The average molecular weight is 720 g/mol. The second kappa shape index (κ2) is 28.5. The zero-order valence-electron chi connectivity index (χ0n) is 32.0. The number of hydrogen-bond donors (Lipinski definition) is 3. The van der Waals surface area contributed by atoms with E-state index in [9.17, 15) is 9.18 Å². The number of hydrazine groups is 1. The third-order valence-corrected chi connectivity index (χ3v) is 8.19. The van der Waals surface area contributed by atoms with Gasteiger partial charge in [-0.2, -0.15) is 0 Å². The summed E-state index contributed by atoms with van der Waals surface area (Å²) in [5.74, 6) is 5.73. The molecule has 8 heteroatoms. The Bertz CT molecular complexity index is 1460. The molecule has 1 aromatic heterocycles. The number of halogens is 2. The number of pyridine rings is 1. The van der Waals surface area contributed by atoms with Crippen LogP contribution in [0.2, 0.25) is 5.02 Å². The first-order valence-corrected chi connectivity index (χ1v) is 18.4. The van der Waals surface area contributed by atoms with Crippen LogP contribution in [0, 0.1) is 12.7 Å². The van der Waals surface area contributed by atoms with Crippen LogP contribution in [0.25, 0.3) is 0 Å². The van der Waals surface area contributed by atoms with Crippen molar-refractivity contribution in [2.45, 2.75) is 105 Å². The van der Waals surface area contributed by atoms with Gasteiger partial charge in [-0.25, -0.2) is 10.2 Å². The molecule has 0 aliphatic heterocycles. The van der Waals surface area contributed by atoms with Gasteiger partial charge in [0.1, 0.15) is 12.1 Å². The van der Waals surface area contributed by atoms with E-state index in [1.165, 1.54) is 43.4 Å². The van der Waals surface area contributed by atoms with Crippen LogP contribution in [-0.2, 0) is 6.54 Å². The van der Waals surface area contributed by atoms with Crippen LogP contribution in [0.5, 0.6) is 0 Å². The van der Waals surface area contributed by atoms with E-state index < -0.39 is 0 Å². The van der Waals surface area contributed by atoms with Gasteiger partial charge in [0.2, 0.25) is 0 Å². The zero-order valence-corrected chi connectivity index (χ0v) is 32.7. The van der Waals surface area contributed by atoms with Crippen molar-refractivity contribution >= 4 is 17.9 Å². The molecule has 3 rings (SSSR count). The summed E-state index contributed by atoms with van der Waals surface area (Å²) in [6, 6.07) is 16.0. The molecule has 1 heterocycles. The van der Waals surface area contributed by atoms with Crippen LogP contribution >= 0.6 is 11.6 Å². The third kappa shape index (κ3) is 19.7. The Labute approximate surface area is 313 Å². The molecular formula is C43H63ClFN5O. The smallest absolute Gasteiger partial charge is 0.150 e. The minimum atomic E-state index is -0.347. The number of aromatic nitrogens is 1. The molecule has 2 aromatic carbocycles. The largest absolute Gasteiger partial charge is 0.401 e. The van der Waals surface area contributed by atoms with Crippen molar-refractivity contribution in [3.63, 3.8) is 0 Å². The molecule has 1 unspecified atom stereocenters. The summed E-state index contributed by atoms with van der Waals surface area (Å²) in [5.41, 5.74) is 14.1. The SMILES string of the molecule is C=C.C=C(C)/C(=C(\CCC/C(N)=C/N(N)CCCCCCC)NCc1ccncc1)C(C)c1ccc(F)cc1Cl.CC.Cc1ccc(C=O)cc1. The quantitative estimate of drug-likeness (QED) is 0.0302. The van der Waals surface area contributed by atoms with Crippen molar-refractivity contribution in [1.29, 1.82) is 0 Å². The van der Waals surface area contributed by atoms with Crippen molar-refractivity contribution < 1.29 is 9.18 Å². The highest BCUT2D eigenvalue weighted by molar-refractivity contribution is 6.31. The second-order valence-electron chi connectivity index (χ2n) is 12.0. The van der Waals surface area contributed by atoms with E-state index in [0.717, 1.165) is 77.7 Å². The molecule has 51 heavy (non-hydrogen) atoms. The lowest BCUT2D eigenvalue weighted by molar-refractivity contribution is 0.112. The molecule has 5 N–H and O–H groups in total. The Hall–Kier alpha value is -4.20. The molecule has 6 nitrogen and oxygen atoms in total. The second-order valence-corrected chi connectivity index (χ2v) is 12.4. The maximum absolute atomic E-state index is 13.7. The highest BCUT2D eigenvalue weighted by Crippen LogP contribution is 2.36. The van der Waals surface area contributed by atoms with E-state index in [1.54, 1.807) is 23.5 Å². The number of unbranched alkanes of at least 4 members (excludes halogenated alkanes) is 4. The number of hydrogen-bond acceptors (Lipinski definition) is 6. The number of nitrogens with two attached hydrogens (primary N) is 2. The zero-order chi connectivity index (χ0) is 38.6. The summed E-state index contributed by atoms with van der Waals surface area (Å²) in [6.07, 6.45) is 14.6. The number of carbonyl (C=O) groups excluding carboxylic acids is 1. The van der Waals surface area contributed by atoms with Gasteiger partial charge < -0.3 is 16.1 Å². The highest BCUT2D eigenvalue weighted by Gasteiger charge is 2.20. The average Bonchev–Trinajstić information content (AvgIpc) is 3.13. The first-order valence-electron chi connectivity index (χ1n) is 18.0. The van der Waals surface area contributed by atoms with Crippen LogP contribution in [0.1, 0.15) is 119 Å². The van der Waals surface area contributed by atoms with Crippen LogP contribution in [0.3, 0.4) is 0 Å². The summed E-state index contributed by atoms with van der Waals surface area (Å²) >= 11 is 6.45. The molecular weight excluding hydrogens is 657 g/mol. The molecule has 0 saturated heterocycles. The fourth-order valence-electron chi connectivity index (χ4n) is 5.28. The van der Waals surface area contributed by atoms with E-state index in [1.807, 2.05) is 70.3 Å². The predicted octanol–water partition coefficient (Wildman–Crippen LogP) is 11.4. The summed E-state index contributed by atoms with van der Waals surface area (Å²) in [7, 11) is 0. The lowest BCUT2D eigenvalue weighted by Crippen LogP contribution is -2.27. The van der Waals surface area contributed by atoms with Crippen molar-refractivity contribution in [3.05, 3.63) is 149 Å². The van der Waals surface area contributed by atoms with E-state index in [2.05, 4.69) is 43.9 Å². The molecule has 280 valence electrons. The van der Waals surface area contributed by atoms with E-state index in [-0.39, 0.29) is 11.7 Å². The predicted molar refractivity (Wildman–Crippen MR) is 218 cm³/mol. The van der Waals surface area contributed by atoms with Crippen LogP contribution in [0.15, 0.2) is 115 Å². The number of aldehydes is 1. The van der Waals surface area contributed by atoms with Crippen molar-refractivity contribution in [3.8, 4) is 0 Å². The molecule has 0 amide bonds. The van der Waals surface area contributed by atoms with Crippen LogP contribution < -0.4 is 16.9 Å². The van der Waals surface area contributed by atoms with Gasteiger partial charge in [-0.3, -0.25) is 9.78 Å². The van der Waals surface area contributed by atoms with E-state index >= 15 is 0 Å². The van der Waals surface area contributed by atoms with Gasteiger partial charge in [0.05, 0.1) is 0 Å². The fraction of sp³-hybridized carbons (Fsp3) is 0.395. The highest BCUT2D eigenvalue weighted by atomic mass is 35.5. The van der Waals surface area contributed by atoms with Gasteiger partial charge in [-0.15, -0.1) is 13.2 Å². The van der Waals surface area contributed by atoms with E-state index in [0.29, 0.717) is 11.6 Å². The topological polar surface area (TPSA) is 97.3 Å². The normalized spacial score (nSPS) is 11.6. The van der Waals surface area contributed by atoms with Gasteiger partial charge >= 0.3 is 0 Å². The third-order valence-electron chi connectivity index (χ3n) is 7.86. The van der Waals surface area contributed by atoms with Gasteiger partial charge in [0.25, 0.3) is 0 Å². The molecule has 1 atom stereocenters. The Balaban J connectivity index is 0.00000163. The summed E-state index contributed by atoms with van der Waals surface area (Å²) in [4.78, 5) is 14.2. The lowest BCUT2D eigenvalue weighted by atomic mass is 9.86. The maximum atomic E-state index is 13.7. The summed E-state index contributed by atoms with van der Waals surface area (Å²) < 4.78 is 13.7. The number of nitrogens with zero attached hydrogens (tertiary/aromatic N) is 2. The van der Waals surface area contributed by atoms with Crippen molar-refractivity contribution in [2.75, 3.05) is 6.54 Å². The van der Waals surface area contributed by atoms with Crippen molar-refractivity contribution in [2.24, 2.45) is 11.6 Å². The Morgan fingerprint density at radius 1 is 1.00 bits per heavy atom.